The number of aromatic nitrogens is 1. The van der Waals surface area contributed by atoms with Crippen LogP contribution in [0.5, 0.6) is 0 Å². The van der Waals surface area contributed by atoms with Gasteiger partial charge in [0.05, 0.1) is 11.3 Å². The first-order valence-corrected chi connectivity index (χ1v) is 6.35. The Balaban J connectivity index is 1.83. The molecule has 1 aromatic heterocycles. The van der Waals surface area contributed by atoms with Gasteiger partial charge in [-0.15, -0.1) is 0 Å². The van der Waals surface area contributed by atoms with Crippen LogP contribution in [-0.2, 0) is 0 Å². The number of nitrogens with one attached hydrogen (secondary N) is 1. The van der Waals surface area contributed by atoms with E-state index in [0.717, 1.165) is 31.0 Å². The highest BCUT2D eigenvalue weighted by atomic mass is 19.1. The Labute approximate surface area is 118 Å². The third-order valence-electron chi connectivity index (χ3n) is 3.20. The molecule has 2 N–H and O–H groups in total. The number of anilines is 1. The lowest BCUT2D eigenvalue weighted by molar-refractivity contribution is 0.0698. The van der Waals surface area contributed by atoms with Crippen LogP contribution in [0, 0.1) is 5.82 Å². The summed E-state index contributed by atoms with van der Waals surface area (Å²) in [5, 5.41) is 15.0. The lowest BCUT2D eigenvalue weighted by Gasteiger charge is -2.06. The molecule has 1 aliphatic carbocycles. The van der Waals surface area contributed by atoms with E-state index in [2.05, 4.69) is 10.5 Å². The van der Waals surface area contributed by atoms with Gasteiger partial charge in [0.2, 0.25) is 0 Å². The van der Waals surface area contributed by atoms with Crippen LogP contribution in [0.25, 0.3) is 0 Å². The van der Waals surface area contributed by atoms with E-state index in [1.54, 1.807) is 0 Å². The first kappa shape index (κ1) is 13.3. The number of hydrogen-bond donors (Lipinski definition) is 2. The van der Waals surface area contributed by atoms with Gasteiger partial charge in [-0.2, -0.15) is 0 Å². The number of halogens is 1. The van der Waals surface area contributed by atoms with Crippen molar-refractivity contribution in [1.29, 1.82) is 0 Å². The number of rotatable bonds is 4. The van der Waals surface area contributed by atoms with E-state index in [4.69, 9.17) is 9.63 Å². The van der Waals surface area contributed by atoms with Gasteiger partial charge in [0, 0.05) is 12.0 Å². The van der Waals surface area contributed by atoms with Crippen molar-refractivity contribution < 1.29 is 23.6 Å². The maximum Gasteiger partial charge on any atom is 0.337 e. The lowest BCUT2D eigenvalue weighted by atomic mass is 10.1. The fraction of sp³-hybridized carbons (Fsp3) is 0.214. The van der Waals surface area contributed by atoms with Crippen LogP contribution < -0.4 is 5.32 Å². The molecule has 1 amide bonds. The van der Waals surface area contributed by atoms with Crippen LogP contribution in [0.1, 0.15) is 45.4 Å². The lowest BCUT2D eigenvalue weighted by Crippen LogP contribution is -2.15. The highest BCUT2D eigenvalue weighted by molar-refractivity contribution is 6.06. The quantitative estimate of drug-likeness (QED) is 0.903. The molecule has 108 valence electrons. The van der Waals surface area contributed by atoms with Crippen LogP contribution in [0.2, 0.25) is 0 Å². The average Bonchev–Trinajstić information content (AvgIpc) is 3.16. The molecule has 1 fully saturated rings. The molecule has 1 heterocycles. The van der Waals surface area contributed by atoms with Gasteiger partial charge in [-0.05, 0) is 31.0 Å². The Bertz CT molecular complexity index is 722. The van der Waals surface area contributed by atoms with E-state index < -0.39 is 17.7 Å². The third kappa shape index (κ3) is 2.76. The summed E-state index contributed by atoms with van der Waals surface area (Å²) in [5.41, 5.74) is -0.281. The molecular formula is C14H11FN2O4. The fourth-order valence-electron chi connectivity index (χ4n) is 1.95. The maximum atomic E-state index is 13.2. The number of benzene rings is 1. The molecule has 2 aromatic rings. The molecule has 1 aliphatic rings. The number of carbonyl (C=O) groups excluding carboxylic acids is 1. The van der Waals surface area contributed by atoms with Gasteiger partial charge in [-0.25, -0.2) is 9.18 Å². The van der Waals surface area contributed by atoms with Crippen molar-refractivity contribution in [3.8, 4) is 0 Å². The molecule has 0 atom stereocenters. The highest BCUT2D eigenvalue weighted by Gasteiger charge is 2.29. The van der Waals surface area contributed by atoms with Gasteiger partial charge in [0.15, 0.2) is 5.69 Å². The Hall–Kier alpha value is -2.70. The van der Waals surface area contributed by atoms with Crippen molar-refractivity contribution in [2.24, 2.45) is 0 Å². The van der Waals surface area contributed by atoms with Gasteiger partial charge < -0.3 is 14.9 Å². The molecule has 21 heavy (non-hydrogen) atoms. The predicted octanol–water partition coefficient (Wildman–Crippen LogP) is 2.64. The summed E-state index contributed by atoms with van der Waals surface area (Å²) in [6.07, 6.45) is 2.01. The molecule has 0 radical (unpaired) electrons. The highest BCUT2D eigenvalue weighted by Crippen LogP contribution is 2.40. The Kier molecular flexibility index (Phi) is 3.17. The van der Waals surface area contributed by atoms with Gasteiger partial charge in [0.1, 0.15) is 11.6 Å². The largest absolute Gasteiger partial charge is 0.478 e. The van der Waals surface area contributed by atoms with Crippen LogP contribution in [0.4, 0.5) is 10.1 Å². The Morgan fingerprint density at radius 3 is 2.76 bits per heavy atom. The van der Waals surface area contributed by atoms with E-state index >= 15 is 0 Å². The normalized spacial score (nSPS) is 14.0. The second kappa shape index (κ2) is 5.01. The number of carboxylic acid groups (broad SMARTS) is 1. The number of aromatic carboxylic acids is 1. The molecule has 0 spiro atoms. The monoisotopic (exact) mass is 290 g/mol. The summed E-state index contributed by atoms with van der Waals surface area (Å²) in [7, 11) is 0. The topological polar surface area (TPSA) is 92.4 Å². The molecule has 0 unspecified atom stereocenters. The number of carboxylic acids is 1. The third-order valence-corrected chi connectivity index (χ3v) is 3.20. The zero-order valence-corrected chi connectivity index (χ0v) is 10.8. The minimum absolute atomic E-state index is 0.0394. The predicted molar refractivity (Wildman–Crippen MR) is 69.8 cm³/mol. The minimum atomic E-state index is -1.26. The van der Waals surface area contributed by atoms with E-state index in [1.807, 2.05) is 0 Å². The first-order valence-electron chi connectivity index (χ1n) is 6.35. The van der Waals surface area contributed by atoms with Crippen LogP contribution in [-0.4, -0.2) is 22.1 Å². The summed E-state index contributed by atoms with van der Waals surface area (Å²) in [6, 6.07) is 4.57. The molecular weight excluding hydrogens is 279 g/mol. The molecule has 1 aromatic carbocycles. The maximum absolute atomic E-state index is 13.2. The molecule has 3 rings (SSSR count). The number of nitrogens with zero attached hydrogens (tertiary/aromatic N) is 1. The van der Waals surface area contributed by atoms with Gasteiger partial charge in [-0.3, -0.25) is 4.79 Å². The number of hydrogen-bond acceptors (Lipinski definition) is 4. The smallest absolute Gasteiger partial charge is 0.337 e. The molecule has 0 aliphatic heterocycles. The van der Waals surface area contributed by atoms with Crippen molar-refractivity contribution in [2.75, 3.05) is 5.32 Å². The summed E-state index contributed by atoms with van der Waals surface area (Å²) in [5.74, 6) is -1.60. The summed E-state index contributed by atoms with van der Waals surface area (Å²) < 4.78 is 18.3. The zero-order chi connectivity index (χ0) is 15.0. The summed E-state index contributed by atoms with van der Waals surface area (Å²) in [4.78, 5) is 23.1. The number of carbonyl (C=O) groups is 2. The Morgan fingerprint density at radius 1 is 1.33 bits per heavy atom. The van der Waals surface area contributed by atoms with Gasteiger partial charge in [-0.1, -0.05) is 5.16 Å². The van der Waals surface area contributed by atoms with Crippen molar-refractivity contribution in [1.82, 2.24) is 5.16 Å². The van der Waals surface area contributed by atoms with Crippen molar-refractivity contribution in [3.05, 3.63) is 47.1 Å². The van der Waals surface area contributed by atoms with Gasteiger partial charge in [0.25, 0.3) is 5.91 Å². The molecule has 6 nitrogen and oxygen atoms in total. The SMILES string of the molecule is O=C(Nc1cc(F)ccc1C(=O)O)c1cc(C2CC2)on1. The first-order chi connectivity index (χ1) is 10.0. The number of amides is 1. The second-order valence-corrected chi connectivity index (χ2v) is 4.84. The molecule has 0 bridgehead atoms. The van der Waals surface area contributed by atoms with E-state index in [-0.39, 0.29) is 16.9 Å². The van der Waals surface area contributed by atoms with Crippen molar-refractivity contribution in [2.45, 2.75) is 18.8 Å². The van der Waals surface area contributed by atoms with Crippen LogP contribution in [0.3, 0.4) is 0 Å². The molecule has 7 heteroatoms. The van der Waals surface area contributed by atoms with E-state index in [9.17, 15) is 14.0 Å². The minimum Gasteiger partial charge on any atom is -0.478 e. The molecule has 0 saturated heterocycles. The summed E-state index contributed by atoms with van der Waals surface area (Å²) >= 11 is 0. The van der Waals surface area contributed by atoms with Gasteiger partial charge >= 0.3 is 5.97 Å². The molecule has 1 saturated carbocycles. The summed E-state index contributed by atoms with van der Waals surface area (Å²) in [6.45, 7) is 0. The average molecular weight is 290 g/mol. The second-order valence-electron chi connectivity index (χ2n) is 4.84. The van der Waals surface area contributed by atoms with Crippen LogP contribution >= 0.6 is 0 Å². The van der Waals surface area contributed by atoms with E-state index in [1.165, 1.54) is 6.07 Å². The standard InChI is InChI=1S/C14H11FN2O4/c15-8-3-4-9(14(19)20)10(5-8)16-13(18)11-6-12(21-17-11)7-1-2-7/h3-7H,1-2H2,(H,16,18)(H,19,20). The van der Waals surface area contributed by atoms with Crippen LogP contribution in [0.15, 0.2) is 28.8 Å². The van der Waals surface area contributed by atoms with E-state index in [0.29, 0.717) is 11.7 Å². The van der Waals surface area contributed by atoms with Crippen molar-refractivity contribution in [3.63, 3.8) is 0 Å². The Morgan fingerprint density at radius 2 is 2.10 bits per heavy atom. The van der Waals surface area contributed by atoms with Crippen molar-refractivity contribution >= 4 is 17.6 Å². The zero-order valence-electron chi connectivity index (χ0n) is 10.8. The fourth-order valence-corrected chi connectivity index (χ4v) is 1.95.